The Morgan fingerprint density at radius 3 is 2.46 bits per heavy atom. The number of ether oxygens (including phenoxy) is 1. The fourth-order valence-electron chi connectivity index (χ4n) is 6.37. The van der Waals surface area contributed by atoms with Crippen molar-refractivity contribution < 1.29 is 26.7 Å². The standard InChI is InChI=1S/C29H35ClF2N2O4S/c1-18(21-9-23(30)12-24(31)10-21)34-7-5-29(6-8-34)14-19(15-29)16-38-17-22-11-27(32)26(13-25(22)20-3-4-20)28(35)33-39(2,36)37/h9-13,18-20H,3-8,14-17H2,1-2H3,(H,33,35). The highest BCUT2D eigenvalue weighted by atomic mass is 35.5. The highest BCUT2D eigenvalue weighted by Gasteiger charge is 2.46. The summed E-state index contributed by atoms with van der Waals surface area (Å²) in [5, 5.41) is 0.424. The van der Waals surface area contributed by atoms with Gasteiger partial charge in [0.25, 0.3) is 5.91 Å². The van der Waals surface area contributed by atoms with Gasteiger partial charge in [-0.15, -0.1) is 0 Å². The zero-order valence-electron chi connectivity index (χ0n) is 22.3. The first kappa shape index (κ1) is 28.5. The molecule has 3 fully saturated rings. The molecule has 2 aromatic carbocycles. The molecule has 1 N–H and O–H groups in total. The summed E-state index contributed by atoms with van der Waals surface area (Å²) in [5.41, 5.74) is 2.57. The number of halogens is 3. The van der Waals surface area contributed by atoms with Crippen molar-refractivity contribution in [1.29, 1.82) is 0 Å². The number of amides is 1. The minimum atomic E-state index is -3.78. The summed E-state index contributed by atoms with van der Waals surface area (Å²) in [6.45, 7) is 4.90. The third-order valence-corrected chi connectivity index (χ3v) is 9.37. The summed E-state index contributed by atoms with van der Waals surface area (Å²) in [6, 6.07) is 7.65. The molecule has 212 valence electrons. The molecule has 1 unspecified atom stereocenters. The second-order valence-corrected chi connectivity index (χ2v) is 13.9. The Hall–Kier alpha value is -2.07. The van der Waals surface area contributed by atoms with Crippen molar-refractivity contribution in [3.05, 3.63) is 69.2 Å². The molecule has 2 aliphatic carbocycles. The summed E-state index contributed by atoms with van der Waals surface area (Å²) >= 11 is 6.06. The maximum Gasteiger partial charge on any atom is 0.267 e. The van der Waals surface area contributed by atoms with Crippen molar-refractivity contribution in [2.45, 2.75) is 64.0 Å². The molecule has 1 saturated heterocycles. The average Bonchev–Trinajstić information content (AvgIpc) is 3.66. The van der Waals surface area contributed by atoms with Crippen molar-refractivity contribution in [3.8, 4) is 0 Å². The monoisotopic (exact) mass is 580 g/mol. The van der Waals surface area contributed by atoms with Gasteiger partial charge in [-0.1, -0.05) is 11.6 Å². The lowest BCUT2D eigenvalue weighted by Gasteiger charge is -2.53. The second-order valence-electron chi connectivity index (χ2n) is 11.7. The minimum Gasteiger partial charge on any atom is -0.376 e. The Balaban J connectivity index is 1.11. The molecular weight excluding hydrogens is 546 g/mol. The fourth-order valence-corrected chi connectivity index (χ4v) is 7.04. The summed E-state index contributed by atoms with van der Waals surface area (Å²) in [7, 11) is -3.78. The van der Waals surface area contributed by atoms with Crippen molar-refractivity contribution in [1.82, 2.24) is 9.62 Å². The number of nitrogens with one attached hydrogen (secondary N) is 1. The Morgan fingerprint density at radius 2 is 1.85 bits per heavy atom. The molecule has 0 radical (unpaired) electrons. The molecule has 39 heavy (non-hydrogen) atoms. The smallest absolute Gasteiger partial charge is 0.267 e. The maximum atomic E-state index is 14.7. The van der Waals surface area contributed by atoms with Gasteiger partial charge >= 0.3 is 0 Å². The lowest BCUT2D eigenvalue weighted by atomic mass is 9.57. The highest BCUT2D eigenvalue weighted by molar-refractivity contribution is 7.89. The quantitative estimate of drug-likeness (QED) is 0.396. The van der Waals surface area contributed by atoms with E-state index in [-0.39, 0.29) is 29.9 Å². The van der Waals surface area contributed by atoms with E-state index < -0.39 is 21.7 Å². The van der Waals surface area contributed by atoms with Gasteiger partial charge in [-0.3, -0.25) is 9.69 Å². The molecule has 2 saturated carbocycles. The van der Waals surface area contributed by atoms with Crippen LogP contribution in [-0.2, 0) is 21.4 Å². The van der Waals surface area contributed by atoms with Crippen LogP contribution in [0.4, 0.5) is 8.78 Å². The van der Waals surface area contributed by atoms with E-state index in [9.17, 15) is 22.0 Å². The maximum absolute atomic E-state index is 14.7. The van der Waals surface area contributed by atoms with Crippen LogP contribution in [0.1, 0.15) is 84.5 Å². The van der Waals surface area contributed by atoms with E-state index in [1.54, 1.807) is 6.07 Å². The predicted octanol–water partition coefficient (Wildman–Crippen LogP) is 5.96. The van der Waals surface area contributed by atoms with E-state index in [1.807, 2.05) is 10.8 Å². The number of hydrogen-bond acceptors (Lipinski definition) is 5. The second kappa shape index (κ2) is 11.1. The first-order chi connectivity index (χ1) is 18.4. The SMILES string of the molecule is CC(c1cc(F)cc(Cl)c1)N1CCC2(CC1)CC(COCc1cc(F)c(C(=O)NS(C)(=O)=O)cc1C1CC1)C2. The Labute approximate surface area is 234 Å². The van der Waals surface area contributed by atoms with Gasteiger partial charge in [-0.05, 0) is 123 Å². The van der Waals surface area contributed by atoms with Crippen molar-refractivity contribution in [2.24, 2.45) is 11.3 Å². The molecule has 5 rings (SSSR count). The van der Waals surface area contributed by atoms with Gasteiger partial charge in [0.05, 0.1) is 18.4 Å². The van der Waals surface area contributed by atoms with E-state index in [1.165, 1.54) is 18.2 Å². The van der Waals surface area contributed by atoms with Gasteiger partial charge in [-0.2, -0.15) is 0 Å². The van der Waals surface area contributed by atoms with E-state index in [2.05, 4.69) is 11.8 Å². The van der Waals surface area contributed by atoms with Crippen LogP contribution < -0.4 is 4.72 Å². The van der Waals surface area contributed by atoms with E-state index in [0.29, 0.717) is 23.0 Å². The molecule has 10 heteroatoms. The number of nitrogens with zero attached hydrogens (tertiary/aromatic N) is 1. The predicted molar refractivity (Wildman–Crippen MR) is 146 cm³/mol. The zero-order valence-corrected chi connectivity index (χ0v) is 23.9. The number of rotatable bonds is 9. The normalized spacial score (nSPS) is 20.5. The van der Waals surface area contributed by atoms with Crippen LogP contribution in [-0.4, -0.2) is 45.2 Å². The molecular formula is C29H35ClF2N2O4S. The van der Waals surface area contributed by atoms with E-state index >= 15 is 0 Å². The third kappa shape index (κ3) is 6.81. The van der Waals surface area contributed by atoms with Gasteiger partial charge in [0, 0.05) is 17.7 Å². The molecule has 0 aromatic heterocycles. The Kier molecular flexibility index (Phi) is 8.08. The summed E-state index contributed by atoms with van der Waals surface area (Å²) in [5.74, 6) is -1.30. The summed E-state index contributed by atoms with van der Waals surface area (Å²) < 4.78 is 59.2. The summed E-state index contributed by atoms with van der Waals surface area (Å²) in [6.07, 6.45) is 7.20. The number of piperidine rings is 1. The topological polar surface area (TPSA) is 75.7 Å². The lowest BCUT2D eigenvalue weighted by molar-refractivity contribution is -0.0581. The number of benzene rings is 2. The lowest BCUT2D eigenvalue weighted by Crippen LogP contribution is -2.48. The molecule has 2 aromatic rings. The van der Waals surface area contributed by atoms with Crippen LogP contribution >= 0.6 is 11.6 Å². The van der Waals surface area contributed by atoms with Gasteiger partial charge in [0.1, 0.15) is 11.6 Å². The molecule has 1 aliphatic heterocycles. The average molecular weight is 581 g/mol. The number of carbonyl (C=O) groups is 1. The van der Waals surface area contributed by atoms with Crippen LogP contribution in [0, 0.1) is 23.0 Å². The van der Waals surface area contributed by atoms with Crippen molar-refractivity contribution in [3.63, 3.8) is 0 Å². The molecule has 6 nitrogen and oxygen atoms in total. The number of likely N-dealkylation sites (tertiary alicyclic amines) is 1. The van der Waals surface area contributed by atoms with Crippen LogP contribution in [0.5, 0.6) is 0 Å². The van der Waals surface area contributed by atoms with Crippen LogP contribution in [0.3, 0.4) is 0 Å². The molecule has 3 aliphatic rings. The molecule has 1 atom stereocenters. The van der Waals surface area contributed by atoms with Crippen molar-refractivity contribution in [2.75, 3.05) is 26.0 Å². The number of hydrogen-bond donors (Lipinski definition) is 1. The van der Waals surface area contributed by atoms with Gasteiger partial charge in [0.2, 0.25) is 10.0 Å². The molecule has 1 amide bonds. The van der Waals surface area contributed by atoms with Crippen molar-refractivity contribution >= 4 is 27.5 Å². The Bertz CT molecular complexity index is 1330. The Morgan fingerprint density at radius 1 is 1.15 bits per heavy atom. The third-order valence-electron chi connectivity index (χ3n) is 8.60. The van der Waals surface area contributed by atoms with Gasteiger partial charge in [0.15, 0.2) is 0 Å². The molecule has 0 bridgehead atoms. The first-order valence-corrected chi connectivity index (χ1v) is 15.8. The van der Waals surface area contributed by atoms with Crippen LogP contribution in [0.25, 0.3) is 0 Å². The highest BCUT2D eigenvalue weighted by Crippen LogP contribution is 2.53. The van der Waals surface area contributed by atoms with E-state index in [4.69, 9.17) is 16.3 Å². The van der Waals surface area contributed by atoms with Gasteiger partial charge < -0.3 is 4.74 Å². The van der Waals surface area contributed by atoms with E-state index in [0.717, 1.165) is 74.6 Å². The number of sulfonamides is 1. The van der Waals surface area contributed by atoms with Crippen LogP contribution in [0.2, 0.25) is 5.02 Å². The fraction of sp³-hybridized carbons (Fsp3) is 0.552. The molecule has 1 spiro atoms. The molecule has 1 heterocycles. The minimum absolute atomic E-state index is 0.111. The zero-order chi connectivity index (χ0) is 27.9. The van der Waals surface area contributed by atoms with Gasteiger partial charge in [-0.25, -0.2) is 21.9 Å². The number of carbonyl (C=O) groups excluding carboxylic acids is 1. The van der Waals surface area contributed by atoms with Crippen LogP contribution in [0.15, 0.2) is 30.3 Å². The first-order valence-electron chi connectivity index (χ1n) is 13.5. The largest absolute Gasteiger partial charge is 0.376 e. The summed E-state index contributed by atoms with van der Waals surface area (Å²) in [4.78, 5) is 14.7.